The molecule has 116 valence electrons. The van der Waals surface area contributed by atoms with Gasteiger partial charge in [-0.2, -0.15) is 0 Å². The zero-order valence-electron chi connectivity index (χ0n) is 13.2. The van der Waals surface area contributed by atoms with Gasteiger partial charge in [-0.3, -0.25) is 0 Å². The predicted molar refractivity (Wildman–Crippen MR) is 96.4 cm³/mol. The molecule has 1 aliphatic rings. The molecule has 0 saturated carbocycles. The molecule has 0 aliphatic carbocycles. The maximum absolute atomic E-state index is 5.74. The quantitative estimate of drug-likeness (QED) is 0.812. The highest BCUT2D eigenvalue weighted by atomic mass is 16.5. The Bertz CT molecular complexity index is 713. The first-order valence-corrected chi connectivity index (χ1v) is 7.78. The van der Waals surface area contributed by atoms with E-state index in [9.17, 15) is 0 Å². The minimum Gasteiger partial charge on any atom is -0.473 e. The Kier molecular flexibility index (Phi) is 4.62. The van der Waals surface area contributed by atoms with E-state index in [2.05, 4.69) is 66.6 Å². The summed E-state index contributed by atoms with van der Waals surface area (Å²) in [5.41, 5.74) is 4.77. The number of rotatable bonds is 4. The van der Waals surface area contributed by atoms with Crippen LogP contribution in [0.4, 0.5) is 5.69 Å². The SMILES string of the molecule is C=C/C=C1/OCN(c2ccc(Cc3ccccc3)cc2)CC1=C. The minimum atomic E-state index is 0.538. The van der Waals surface area contributed by atoms with Crippen molar-refractivity contribution in [1.29, 1.82) is 0 Å². The fourth-order valence-electron chi connectivity index (χ4n) is 2.70. The minimum absolute atomic E-state index is 0.538. The van der Waals surface area contributed by atoms with E-state index >= 15 is 0 Å². The summed E-state index contributed by atoms with van der Waals surface area (Å²) in [5.74, 6) is 0.831. The van der Waals surface area contributed by atoms with Crippen LogP contribution >= 0.6 is 0 Å². The molecule has 0 spiro atoms. The highest BCUT2D eigenvalue weighted by Crippen LogP contribution is 2.24. The molecule has 1 fully saturated rings. The second-order valence-corrected chi connectivity index (χ2v) is 5.67. The van der Waals surface area contributed by atoms with Gasteiger partial charge < -0.3 is 9.64 Å². The Labute approximate surface area is 138 Å². The van der Waals surface area contributed by atoms with Crippen molar-refractivity contribution in [1.82, 2.24) is 0 Å². The number of anilines is 1. The molecule has 0 bridgehead atoms. The van der Waals surface area contributed by atoms with E-state index in [4.69, 9.17) is 4.74 Å². The summed E-state index contributed by atoms with van der Waals surface area (Å²) < 4.78 is 5.74. The first kappa shape index (κ1) is 15.2. The number of ether oxygens (including phenoxy) is 1. The molecular formula is C21H21NO. The van der Waals surface area contributed by atoms with Gasteiger partial charge in [0.05, 0.1) is 0 Å². The molecule has 1 heterocycles. The molecule has 0 amide bonds. The average molecular weight is 303 g/mol. The molecule has 2 nitrogen and oxygen atoms in total. The van der Waals surface area contributed by atoms with Crippen molar-refractivity contribution in [3.63, 3.8) is 0 Å². The molecule has 0 N–H and O–H groups in total. The number of allylic oxidation sites excluding steroid dienone is 2. The zero-order chi connectivity index (χ0) is 16.1. The van der Waals surface area contributed by atoms with Crippen LogP contribution in [-0.2, 0) is 11.2 Å². The maximum Gasteiger partial charge on any atom is 0.161 e. The number of hydrogen-bond acceptors (Lipinski definition) is 2. The summed E-state index contributed by atoms with van der Waals surface area (Å²) in [6.45, 7) is 9.09. The smallest absolute Gasteiger partial charge is 0.161 e. The van der Waals surface area contributed by atoms with Crippen molar-refractivity contribution >= 4 is 5.69 Å². The predicted octanol–water partition coefficient (Wildman–Crippen LogP) is 4.70. The van der Waals surface area contributed by atoms with Crippen LogP contribution in [0, 0.1) is 0 Å². The number of nitrogens with zero attached hydrogens (tertiary/aromatic N) is 1. The molecule has 23 heavy (non-hydrogen) atoms. The molecular weight excluding hydrogens is 282 g/mol. The van der Waals surface area contributed by atoms with Gasteiger partial charge in [0.2, 0.25) is 0 Å². The second-order valence-electron chi connectivity index (χ2n) is 5.67. The van der Waals surface area contributed by atoms with Crippen LogP contribution in [-0.4, -0.2) is 13.3 Å². The van der Waals surface area contributed by atoms with E-state index in [0.717, 1.165) is 30.0 Å². The Morgan fingerprint density at radius 3 is 2.35 bits per heavy atom. The van der Waals surface area contributed by atoms with E-state index in [0.29, 0.717) is 6.73 Å². The van der Waals surface area contributed by atoms with Crippen molar-refractivity contribution < 1.29 is 4.74 Å². The Morgan fingerprint density at radius 2 is 1.70 bits per heavy atom. The van der Waals surface area contributed by atoms with E-state index in [-0.39, 0.29) is 0 Å². The summed E-state index contributed by atoms with van der Waals surface area (Å²) in [7, 11) is 0. The lowest BCUT2D eigenvalue weighted by molar-refractivity contribution is 0.202. The topological polar surface area (TPSA) is 12.5 Å². The molecule has 2 heteroatoms. The van der Waals surface area contributed by atoms with Gasteiger partial charge in [-0.05, 0) is 35.8 Å². The fourth-order valence-corrected chi connectivity index (χ4v) is 2.70. The lowest BCUT2D eigenvalue weighted by Crippen LogP contribution is -2.33. The largest absolute Gasteiger partial charge is 0.473 e. The molecule has 2 aromatic carbocycles. The molecule has 0 atom stereocenters. The van der Waals surface area contributed by atoms with Crippen LogP contribution in [0.1, 0.15) is 11.1 Å². The zero-order valence-corrected chi connectivity index (χ0v) is 13.2. The van der Waals surface area contributed by atoms with Crippen molar-refractivity contribution in [3.8, 4) is 0 Å². The van der Waals surface area contributed by atoms with E-state index in [1.54, 1.807) is 6.08 Å². The van der Waals surface area contributed by atoms with Gasteiger partial charge in [-0.25, -0.2) is 0 Å². The lowest BCUT2D eigenvalue weighted by atomic mass is 10.0. The molecule has 0 radical (unpaired) electrons. The van der Waals surface area contributed by atoms with Crippen molar-refractivity contribution in [2.24, 2.45) is 0 Å². The second kappa shape index (κ2) is 7.01. The molecule has 3 rings (SSSR count). The highest BCUT2D eigenvalue weighted by molar-refractivity contribution is 5.51. The third kappa shape index (κ3) is 3.72. The Morgan fingerprint density at radius 1 is 1.00 bits per heavy atom. The molecule has 0 aromatic heterocycles. The van der Waals surface area contributed by atoms with Gasteiger partial charge in [-0.15, -0.1) is 0 Å². The molecule has 2 aromatic rings. The van der Waals surface area contributed by atoms with Crippen molar-refractivity contribution in [2.45, 2.75) is 6.42 Å². The Hall–Kier alpha value is -2.74. The monoisotopic (exact) mass is 303 g/mol. The summed E-state index contributed by atoms with van der Waals surface area (Å²) in [4.78, 5) is 2.18. The van der Waals surface area contributed by atoms with Gasteiger partial charge in [-0.1, -0.05) is 61.7 Å². The summed E-state index contributed by atoms with van der Waals surface area (Å²) in [6.07, 6.45) is 4.55. The van der Waals surface area contributed by atoms with Gasteiger partial charge in [0.15, 0.2) is 6.73 Å². The van der Waals surface area contributed by atoms with Gasteiger partial charge in [0, 0.05) is 17.8 Å². The van der Waals surface area contributed by atoms with E-state index < -0.39 is 0 Å². The van der Waals surface area contributed by atoms with Crippen LogP contribution in [0.5, 0.6) is 0 Å². The van der Waals surface area contributed by atoms with Gasteiger partial charge >= 0.3 is 0 Å². The van der Waals surface area contributed by atoms with Crippen molar-refractivity contribution in [3.05, 3.63) is 102 Å². The fraction of sp³-hybridized carbons (Fsp3) is 0.143. The third-order valence-electron chi connectivity index (χ3n) is 3.93. The van der Waals surface area contributed by atoms with Gasteiger partial charge in [0.25, 0.3) is 0 Å². The van der Waals surface area contributed by atoms with Crippen LogP contribution in [0.15, 0.2) is 91.2 Å². The molecule has 0 unspecified atom stereocenters. The van der Waals surface area contributed by atoms with Crippen LogP contribution in [0.25, 0.3) is 0 Å². The normalized spacial score (nSPS) is 16.3. The van der Waals surface area contributed by atoms with Crippen LogP contribution in [0.3, 0.4) is 0 Å². The molecule has 1 aliphatic heterocycles. The number of benzene rings is 2. The first-order valence-electron chi connectivity index (χ1n) is 7.78. The summed E-state index contributed by atoms with van der Waals surface area (Å²) >= 11 is 0. The van der Waals surface area contributed by atoms with Crippen LogP contribution in [0.2, 0.25) is 0 Å². The number of hydrogen-bond donors (Lipinski definition) is 0. The third-order valence-corrected chi connectivity index (χ3v) is 3.93. The highest BCUT2D eigenvalue weighted by Gasteiger charge is 2.18. The average Bonchev–Trinajstić information content (AvgIpc) is 2.58. The molecule has 1 saturated heterocycles. The van der Waals surface area contributed by atoms with Gasteiger partial charge in [0.1, 0.15) is 5.76 Å². The first-order chi connectivity index (χ1) is 11.3. The maximum atomic E-state index is 5.74. The van der Waals surface area contributed by atoms with E-state index in [1.807, 2.05) is 12.1 Å². The van der Waals surface area contributed by atoms with Crippen molar-refractivity contribution in [2.75, 3.05) is 18.2 Å². The Balaban J connectivity index is 1.67. The van der Waals surface area contributed by atoms with Crippen LogP contribution < -0.4 is 4.90 Å². The standard InChI is InChI=1S/C21H21NO/c1-3-7-21-17(2)15-22(16-23-21)20-12-10-19(11-13-20)14-18-8-5-4-6-9-18/h3-13H,1-2,14-16H2/b21-7+. The summed E-state index contributed by atoms with van der Waals surface area (Å²) in [6, 6.07) is 19.2. The van der Waals surface area contributed by atoms with E-state index in [1.165, 1.54) is 11.1 Å². The summed E-state index contributed by atoms with van der Waals surface area (Å²) in [5, 5.41) is 0. The lowest BCUT2D eigenvalue weighted by Gasteiger charge is -2.32.